The molecule has 1 N–H and O–H groups in total. The van der Waals surface area contributed by atoms with Crippen molar-refractivity contribution in [3.63, 3.8) is 0 Å². The second-order valence-corrected chi connectivity index (χ2v) is 6.29. The Morgan fingerprint density at radius 3 is 2.29 bits per heavy atom. The Bertz CT molecular complexity index is 769. The summed E-state index contributed by atoms with van der Waals surface area (Å²) in [5.41, 5.74) is 0.894. The molecule has 0 saturated carbocycles. The fourth-order valence-corrected chi connectivity index (χ4v) is 3.19. The van der Waals surface area contributed by atoms with Crippen LogP contribution in [0.3, 0.4) is 0 Å². The highest BCUT2D eigenvalue weighted by atomic mass is 32.1. The quantitative estimate of drug-likeness (QED) is 0.479. The molecule has 1 aromatic rings. The number of amides is 5. The Kier molecular flexibility index (Phi) is 4.69. The summed E-state index contributed by atoms with van der Waals surface area (Å²) in [6.45, 7) is 2.88. The Labute approximate surface area is 141 Å². The topological polar surface area (TPSA) is 113 Å². The van der Waals surface area contributed by atoms with Gasteiger partial charge in [0.15, 0.2) is 0 Å². The van der Waals surface area contributed by atoms with E-state index in [0.29, 0.717) is 15.4 Å². The van der Waals surface area contributed by atoms with Crippen molar-refractivity contribution < 1.29 is 28.7 Å². The van der Waals surface area contributed by atoms with Crippen LogP contribution in [0.15, 0.2) is 0 Å². The van der Waals surface area contributed by atoms with Gasteiger partial charge in [0, 0.05) is 11.9 Å². The molecule has 5 amide bonds. The average Bonchev–Trinajstić information content (AvgIpc) is 2.91. The van der Waals surface area contributed by atoms with Gasteiger partial charge in [0.05, 0.1) is 12.7 Å². The highest BCUT2D eigenvalue weighted by Gasteiger charge is 2.43. The van der Waals surface area contributed by atoms with E-state index in [1.54, 1.807) is 13.8 Å². The minimum atomic E-state index is -1.07. The zero-order valence-electron chi connectivity index (χ0n) is 13.5. The number of methoxy groups -OCH3 is 1. The van der Waals surface area contributed by atoms with Gasteiger partial charge in [-0.05, 0) is 19.4 Å². The number of urea groups is 1. The molecule has 128 valence electrons. The van der Waals surface area contributed by atoms with Crippen molar-refractivity contribution >= 4 is 46.1 Å². The number of thiophene rings is 1. The van der Waals surface area contributed by atoms with Crippen LogP contribution in [0.1, 0.15) is 20.8 Å². The highest BCUT2D eigenvalue weighted by molar-refractivity contribution is 7.16. The van der Waals surface area contributed by atoms with Crippen LogP contribution in [0.4, 0.5) is 9.80 Å². The van der Waals surface area contributed by atoms with Crippen molar-refractivity contribution in [2.45, 2.75) is 13.8 Å². The standard InChI is InChI=1S/C14H15N3O6S/c1-6-7(2)24-10(9(6)13(21)23-4)15-8(18)5-17-12(20)11(19)16(3)14(17)22/h5H2,1-4H3,(H,15,18). The maximum absolute atomic E-state index is 12.1. The number of likely N-dealkylation sites (N-methyl/N-ethyl adjacent to an activating group) is 1. The molecule has 0 bridgehead atoms. The molecule has 0 radical (unpaired) electrons. The lowest BCUT2D eigenvalue weighted by atomic mass is 10.1. The average molecular weight is 353 g/mol. The van der Waals surface area contributed by atoms with Gasteiger partial charge in [-0.1, -0.05) is 0 Å². The predicted molar refractivity (Wildman–Crippen MR) is 83.6 cm³/mol. The molecule has 2 heterocycles. The summed E-state index contributed by atoms with van der Waals surface area (Å²) in [4.78, 5) is 60.8. The Morgan fingerprint density at radius 1 is 1.17 bits per heavy atom. The molecule has 1 fully saturated rings. The summed E-state index contributed by atoms with van der Waals surface area (Å²) < 4.78 is 4.69. The zero-order chi connectivity index (χ0) is 18.2. The van der Waals surface area contributed by atoms with Gasteiger partial charge in [-0.3, -0.25) is 19.3 Å². The number of anilines is 1. The number of ether oxygens (including phenoxy) is 1. The summed E-state index contributed by atoms with van der Waals surface area (Å²) in [5, 5.41) is 2.75. The number of carbonyl (C=O) groups is 5. The summed E-state index contributed by atoms with van der Waals surface area (Å²) in [6.07, 6.45) is 0. The Morgan fingerprint density at radius 2 is 1.79 bits per heavy atom. The maximum atomic E-state index is 12.1. The number of hydrogen-bond donors (Lipinski definition) is 1. The van der Waals surface area contributed by atoms with E-state index in [1.807, 2.05) is 0 Å². The van der Waals surface area contributed by atoms with Gasteiger partial charge in [0.25, 0.3) is 0 Å². The second kappa shape index (κ2) is 6.40. The van der Waals surface area contributed by atoms with Crippen LogP contribution in [0.25, 0.3) is 0 Å². The monoisotopic (exact) mass is 353 g/mol. The van der Waals surface area contributed by atoms with Gasteiger partial charge >= 0.3 is 23.8 Å². The van der Waals surface area contributed by atoms with Crippen LogP contribution >= 0.6 is 11.3 Å². The van der Waals surface area contributed by atoms with Crippen LogP contribution in [0.2, 0.25) is 0 Å². The first-order valence-electron chi connectivity index (χ1n) is 6.80. The minimum Gasteiger partial charge on any atom is -0.465 e. The molecule has 9 nitrogen and oxygen atoms in total. The first-order chi connectivity index (χ1) is 11.2. The largest absolute Gasteiger partial charge is 0.465 e. The number of carbonyl (C=O) groups excluding carboxylic acids is 5. The van der Waals surface area contributed by atoms with Crippen molar-refractivity contribution in [2.24, 2.45) is 0 Å². The lowest BCUT2D eigenvalue weighted by molar-refractivity contribution is -0.143. The van der Waals surface area contributed by atoms with Crippen molar-refractivity contribution in [3.05, 3.63) is 16.0 Å². The molecular formula is C14H15N3O6S. The van der Waals surface area contributed by atoms with E-state index >= 15 is 0 Å². The van der Waals surface area contributed by atoms with Gasteiger partial charge in [-0.15, -0.1) is 11.3 Å². The third-order valence-electron chi connectivity index (χ3n) is 3.58. The molecule has 1 aliphatic rings. The Balaban J connectivity index is 2.18. The van der Waals surface area contributed by atoms with E-state index in [9.17, 15) is 24.0 Å². The SMILES string of the molecule is COC(=O)c1c(NC(=O)CN2C(=O)C(=O)N(C)C2=O)sc(C)c1C. The van der Waals surface area contributed by atoms with Gasteiger partial charge in [-0.2, -0.15) is 0 Å². The zero-order valence-corrected chi connectivity index (χ0v) is 14.3. The van der Waals surface area contributed by atoms with E-state index < -0.39 is 36.3 Å². The fraction of sp³-hybridized carbons (Fsp3) is 0.357. The number of esters is 1. The number of hydrogen-bond acceptors (Lipinski definition) is 7. The van der Waals surface area contributed by atoms with E-state index in [0.717, 1.165) is 11.9 Å². The van der Waals surface area contributed by atoms with Crippen molar-refractivity contribution in [1.82, 2.24) is 9.80 Å². The van der Waals surface area contributed by atoms with Crippen LogP contribution in [-0.4, -0.2) is 60.2 Å². The normalized spacial score (nSPS) is 14.4. The summed E-state index contributed by atoms with van der Waals surface area (Å²) in [5.74, 6) is -3.36. The summed E-state index contributed by atoms with van der Waals surface area (Å²) >= 11 is 1.18. The number of nitrogens with zero attached hydrogens (tertiary/aromatic N) is 2. The number of rotatable bonds is 4. The molecule has 2 rings (SSSR count). The lowest BCUT2D eigenvalue weighted by Gasteiger charge is -2.12. The number of nitrogens with one attached hydrogen (secondary N) is 1. The smallest absolute Gasteiger partial charge is 0.341 e. The van der Waals surface area contributed by atoms with Gasteiger partial charge in [0.1, 0.15) is 11.5 Å². The van der Waals surface area contributed by atoms with Crippen molar-refractivity contribution in [1.29, 1.82) is 0 Å². The number of aryl methyl sites for hydroxylation is 1. The Hall–Kier alpha value is -2.75. The third kappa shape index (κ3) is 2.87. The van der Waals surface area contributed by atoms with Gasteiger partial charge < -0.3 is 10.1 Å². The van der Waals surface area contributed by atoms with Gasteiger partial charge in [0.2, 0.25) is 5.91 Å². The molecule has 0 unspecified atom stereocenters. The lowest BCUT2D eigenvalue weighted by Crippen LogP contribution is -2.38. The van der Waals surface area contributed by atoms with E-state index in [2.05, 4.69) is 5.32 Å². The molecule has 0 aliphatic carbocycles. The highest BCUT2D eigenvalue weighted by Crippen LogP contribution is 2.32. The molecule has 0 aromatic carbocycles. The van der Waals surface area contributed by atoms with E-state index in [4.69, 9.17) is 4.74 Å². The van der Waals surface area contributed by atoms with Crippen molar-refractivity contribution in [3.8, 4) is 0 Å². The summed E-state index contributed by atoms with van der Waals surface area (Å²) in [7, 11) is 2.38. The van der Waals surface area contributed by atoms with Crippen LogP contribution < -0.4 is 5.32 Å². The first-order valence-corrected chi connectivity index (χ1v) is 7.62. The molecule has 1 aliphatic heterocycles. The maximum Gasteiger partial charge on any atom is 0.341 e. The molecular weight excluding hydrogens is 338 g/mol. The van der Waals surface area contributed by atoms with E-state index in [-0.39, 0.29) is 10.6 Å². The first kappa shape index (κ1) is 17.6. The molecule has 0 spiro atoms. The van der Waals surface area contributed by atoms with Crippen LogP contribution in [0, 0.1) is 13.8 Å². The molecule has 0 atom stereocenters. The van der Waals surface area contributed by atoms with Crippen LogP contribution in [-0.2, 0) is 19.1 Å². The van der Waals surface area contributed by atoms with Gasteiger partial charge in [-0.25, -0.2) is 14.5 Å². The van der Waals surface area contributed by atoms with Crippen molar-refractivity contribution in [2.75, 3.05) is 26.0 Å². The predicted octanol–water partition coefficient (Wildman–Crippen LogP) is 0.511. The molecule has 1 saturated heterocycles. The van der Waals surface area contributed by atoms with Crippen LogP contribution in [0.5, 0.6) is 0 Å². The van der Waals surface area contributed by atoms with E-state index in [1.165, 1.54) is 18.4 Å². The second-order valence-electron chi connectivity index (χ2n) is 5.07. The molecule has 24 heavy (non-hydrogen) atoms. The summed E-state index contributed by atoms with van der Waals surface area (Å²) in [6, 6.07) is -0.869. The number of imide groups is 2. The minimum absolute atomic E-state index is 0.223. The molecule has 1 aromatic heterocycles. The fourth-order valence-electron chi connectivity index (χ4n) is 2.13. The third-order valence-corrected chi connectivity index (χ3v) is 4.70. The molecule has 10 heteroatoms.